The molecule has 0 saturated carbocycles. The molecular weight excluding hydrogens is 430 g/mol. The highest BCUT2D eigenvalue weighted by atomic mass is 35.5. The summed E-state index contributed by atoms with van der Waals surface area (Å²) in [6.45, 7) is 0.672. The Bertz CT molecular complexity index is 1150. The predicted molar refractivity (Wildman–Crippen MR) is 117 cm³/mol. The van der Waals surface area contributed by atoms with Crippen LogP contribution in [0.2, 0.25) is 5.02 Å². The van der Waals surface area contributed by atoms with Crippen molar-refractivity contribution in [2.75, 3.05) is 17.7 Å². The fourth-order valence-electron chi connectivity index (χ4n) is 3.59. The number of halogens is 1. The Labute approximate surface area is 178 Å². The molecule has 1 unspecified atom stereocenters. The molecule has 1 fully saturated rings. The molecule has 2 aromatic carbocycles. The third-order valence-electron chi connectivity index (χ3n) is 4.95. The highest BCUT2D eigenvalue weighted by Gasteiger charge is 2.39. The van der Waals surface area contributed by atoms with Crippen molar-refractivity contribution < 1.29 is 13.2 Å². The average molecular weight is 450 g/mol. The van der Waals surface area contributed by atoms with Crippen molar-refractivity contribution in [3.8, 4) is 0 Å². The van der Waals surface area contributed by atoms with Gasteiger partial charge in [-0.1, -0.05) is 59.3 Å². The van der Waals surface area contributed by atoms with E-state index in [4.69, 9.17) is 11.6 Å². The molecule has 1 aliphatic heterocycles. The van der Waals surface area contributed by atoms with E-state index in [-0.39, 0.29) is 5.91 Å². The normalized spacial score (nSPS) is 17.7. The van der Waals surface area contributed by atoms with Crippen LogP contribution in [0.25, 0.3) is 10.2 Å². The van der Waals surface area contributed by atoms with Gasteiger partial charge in [0.05, 0.1) is 22.5 Å². The fourth-order valence-corrected chi connectivity index (χ4v) is 5.98. The zero-order valence-corrected chi connectivity index (χ0v) is 18.2. The van der Waals surface area contributed by atoms with Crippen LogP contribution in [-0.2, 0) is 21.4 Å². The van der Waals surface area contributed by atoms with E-state index in [1.165, 1.54) is 15.6 Å². The van der Waals surface area contributed by atoms with E-state index in [9.17, 15) is 13.2 Å². The first-order chi connectivity index (χ1) is 13.8. The summed E-state index contributed by atoms with van der Waals surface area (Å²) >= 11 is 7.65. The van der Waals surface area contributed by atoms with Crippen LogP contribution < -0.4 is 4.90 Å². The maximum Gasteiger partial charge on any atom is 0.247 e. The van der Waals surface area contributed by atoms with Crippen LogP contribution in [0.4, 0.5) is 5.13 Å². The number of para-hydroxylation sites is 1. The molecule has 0 bridgehead atoms. The Morgan fingerprint density at radius 3 is 2.69 bits per heavy atom. The first-order valence-electron chi connectivity index (χ1n) is 9.22. The van der Waals surface area contributed by atoms with Gasteiger partial charge in [-0.25, -0.2) is 13.4 Å². The molecule has 1 atom stereocenters. The monoisotopic (exact) mass is 449 g/mol. The number of nitrogens with zero attached hydrogens (tertiary/aromatic N) is 3. The third-order valence-corrected chi connectivity index (χ3v) is 7.59. The lowest BCUT2D eigenvalue weighted by Crippen LogP contribution is -2.47. The van der Waals surface area contributed by atoms with Gasteiger partial charge in [-0.3, -0.25) is 9.69 Å². The van der Waals surface area contributed by atoms with Crippen LogP contribution in [0.15, 0.2) is 48.5 Å². The Kier molecular flexibility index (Phi) is 5.61. The Morgan fingerprint density at radius 1 is 1.24 bits per heavy atom. The van der Waals surface area contributed by atoms with E-state index in [1.54, 1.807) is 11.0 Å². The van der Waals surface area contributed by atoms with Crippen LogP contribution in [0.3, 0.4) is 0 Å². The summed E-state index contributed by atoms with van der Waals surface area (Å²) < 4.78 is 26.5. The standard InChI is InChI=1S/C20H20ClN3O3S2/c1-29(26,27)24-12-6-10-16(24)19(25)23(13-14-7-3-2-4-8-14)20-22-18-15(21)9-5-11-17(18)28-20/h2-5,7-9,11,16H,6,10,12-13H2,1H3. The summed E-state index contributed by atoms with van der Waals surface area (Å²) in [5.74, 6) is -0.257. The number of carbonyl (C=O) groups excluding carboxylic acids is 1. The van der Waals surface area contributed by atoms with Gasteiger partial charge >= 0.3 is 0 Å². The molecule has 152 valence electrons. The molecule has 9 heteroatoms. The second kappa shape index (κ2) is 8.02. The highest BCUT2D eigenvalue weighted by molar-refractivity contribution is 7.88. The quantitative estimate of drug-likeness (QED) is 0.592. The minimum atomic E-state index is -3.47. The maximum atomic E-state index is 13.5. The molecule has 0 radical (unpaired) electrons. The number of sulfonamides is 1. The first-order valence-corrected chi connectivity index (χ1v) is 12.3. The van der Waals surface area contributed by atoms with Crippen molar-refractivity contribution >= 4 is 54.2 Å². The lowest BCUT2D eigenvalue weighted by atomic mass is 10.1. The van der Waals surface area contributed by atoms with E-state index in [0.29, 0.717) is 41.6 Å². The zero-order valence-electron chi connectivity index (χ0n) is 15.8. The van der Waals surface area contributed by atoms with Gasteiger partial charge in [0.1, 0.15) is 11.6 Å². The number of thiazole rings is 1. The molecule has 6 nitrogen and oxygen atoms in total. The summed E-state index contributed by atoms with van der Waals surface area (Å²) in [7, 11) is -3.47. The van der Waals surface area contributed by atoms with Crippen LogP contribution in [0.5, 0.6) is 0 Å². The average Bonchev–Trinajstić information content (AvgIpc) is 3.34. The van der Waals surface area contributed by atoms with Crippen molar-refractivity contribution in [2.24, 2.45) is 0 Å². The second-order valence-electron chi connectivity index (χ2n) is 7.02. The van der Waals surface area contributed by atoms with Crippen LogP contribution in [-0.4, -0.2) is 42.5 Å². The van der Waals surface area contributed by atoms with E-state index in [0.717, 1.165) is 16.5 Å². The van der Waals surface area contributed by atoms with Crippen molar-refractivity contribution in [1.29, 1.82) is 0 Å². The fraction of sp³-hybridized carbons (Fsp3) is 0.300. The number of carbonyl (C=O) groups is 1. The van der Waals surface area contributed by atoms with Gasteiger partial charge in [0, 0.05) is 6.54 Å². The van der Waals surface area contributed by atoms with E-state index in [2.05, 4.69) is 4.98 Å². The number of amides is 1. The van der Waals surface area contributed by atoms with Crippen LogP contribution >= 0.6 is 22.9 Å². The molecule has 0 spiro atoms. The Morgan fingerprint density at radius 2 is 2.00 bits per heavy atom. The Balaban J connectivity index is 1.75. The number of benzene rings is 2. The molecule has 2 heterocycles. The van der Waals surface area contributed by atoms with Crippen molar-refractivity contribution in [3.63, 3.8) is 0 Å². The SMILES string of the molecule is CS(=O)(=O)N1CCCC1C(=O)N(Cc1ccccc1)c1nc2c(Cl)cccc2s1. The number of fused-ring (bicyclic) bond motifs is 1. The van der Waals surface area contributed by atoms with Gasteiger partial charge in [0.25, 0.3) is 0 Å². The van der Waals surface area contributed by atoms with Crippen LogP contribution in [0, 0.1) is 0 Å². The number of hydrogen-bond acceptors (Lipinski definition) is 5. The predicted octanol–water partition coefficient (Wildman–Crippen LogP) is 3.91. The van der Waals surface area contributed by atoms with E-state index < -0.39 is 16.1 Å². The highest BCUT2D eigenvalue weighted by Crippen LogP contribution is 2.35. The molecule has 4 rings (SSSR count). The smallest absolute Gasteiger partial charge is 0.247 e. The summed E-state index contributed by atoms with van der Waals surface area (Å²) in [6.07, 6.45) is 2.31. The molecule has 3 aromatic rings. The van der Waals surface area contributed by atoms with E-state index >= 15 is 0 Å². The Hall–Kier alpha value is -2.00. The summed E-state index contributed by atoms with van der Waals surface area (Å²) in [4.78, 5) is 19.7. The van der Waals surface area contributed by atoms with Gasteiger partial charge in [-0.15, -0.1) is 0 Å². The molecule has 1 aromatic heterocycles. The third kappa shape index (κ3) is 4.16. The molecule has 29 heavy (non-hydrogen) atoms. The van der Waals surface area contributed by atoms with Gasteiger partial charge in [0.15, 0.2) is 5.13 Å². The van der Waals surface area contributed by atoms with Crippen molar-refractivity contribution in [1.82, 2.24) is 9.29 Å². The van der Waals surface area contributed by atoms with Crippen LogP contribution in [0.1, 0.15) is 18.4 Å². The topological polar surface area (TPSA) is 70.6 Å². The molecule has 0 aliphatic carbocycles. The minimum Gasteiger partial charge on any atom is -0.282 e. The lowest BCUT2D eigenvalue weighted by molar-refractivity contribution is -0.121. The van der Waals surface area contributed by atoms with Gasteiger partial charge in [0.2, 0.25) is 15.9 Å². The van der Waals surface area contributed by atoms with Crippen molar-refractivity contribution in [3.05, 3.63) is 59.1 Å². The molecule has 1 amide bonds. The number of anilines is 1. The minimum absolute atomic E-state index is 0.257. The first kappa shape index (κ1) is 20.3. The van der Waals surface area contributed by atoms with Gasteiger partial charge in [-0.05, 0) is 30.5 Å². The largest absolute Gasteiger partial charge is 0.282 e. The summed E-state index contributed by atoms with van der Waals surface area (Å²) in [5, 5.41) is 1.04. The lowest BCUT2D eigenvalue weighted by Gasteiger charge is -2.27. The molecule has 1 aliphatic rings. The number of hydrogen-bond donors (Lipinski definition) is 0. The summed E-state index contributed by atoms with van der Waals surface area (Å²) in [5.41, 5.74) is 1.58. The van der Waals surface area contributed by atoms with Gasteiger partial charge < -0.3 is 0 Å². The zero-order chi connectivity index (χ0) is 20.6. The molecular formula is C20H20ClN3O3S2. The number of aromatic nitrogens is 1. The van der Waals surface area contributed by atoms with Gasteiger partial charge in [-0.2, -0.15) is 4.31 Å². The second-order valence-corrected chi connectivity index (χ2v) is 10.4. The van der Waals surface area contributed by atoms with E-state index in [1.807, 2.05) is 42.5 Å². The van der Waals surface area contributed by atoms with Crippen molar-refractivity contribution in [2.45, 2.75) is 25.4 Å². The number of rotatable bonds is 5. The summed E-state index contributed by atoms with van der Waals surface area (Å²) in [6, 6.07) is 14.4. The molecule has 0 N–H and O–H groups in total. The molecule has 1 saturated heterocycles. The maximum absolute atomic E-state index is 13.5.